The summed E-state index contributed by atoms with van der Waals surface area (Å²) in [5.41, 5.74) is 2.06. The molecule has 1 N–H and O–H groups in total. The number of hydrogen-bond donors (Lipinski definition) is 1. The molecule has 2 aromatic rings. The molecule has 1 saturated carbocycles. The van der Waals surface area contributed by atoms with Gasteiger partial charge in [0.05, 0.1) is 5.69 Å². The van der Waals surface area contributed by atoms with Crippen molar-refractivity contribution in [2.24, 2.45) is 5.92 Å². The second kappa shape index (κ2) is 5.84. The first-order valence-corrected chi connectivity index (χ1v) is 7.76. The van der Waals surface area contributed by atoms with Crippen molar-refractivity contribution < 1.29 is 0 Å². The van der Waals surface area contributed by atoms with Crippen LogP contribution in [0.1, 0.15) is 44.0 Å². The van der Waals surface area contributed by atoms with Crippen molar-refractivity contribution >= 4 is 5.82 Å². The lowest BCUT2D eigenvalue weighted by molar-refractivity contribution is 0.608. The molecule has 112 valence electrons. The number of hydrogen-bond acceptors (Lipinski definition) is 4. The van der Waals surface area contributed by atoms with E-state index in [1.165, 1.54) is 25.7 Å². The van der Waals surface area contributed by atoms with E-state index in [0.29, 0.717) is 6.04 Å². The summed E-state index contributed by atoms with van der Waals surface area (Å²) < 4.78 is 1.82. The maximum atomic E-state index is 4.42. The molecular formula is C16H23N5. The highest BCUT2D eigenvalue weighted by Gasteiger charge is 2.21. The Labute approximate surface area is 125 Å². The summed E-state index contributed by atoms with van der Waals surface area (Å²) in [6.07, 6.45) is 5.37. The van der Waals surface area contributed by atoms with E-state index in [-0.39, 0.29) is 0 Å². The molecule has 1 aliphatic rings. The van der Waals surface area contributed by atoms with E-state index in [9.17, 15) is 0 Å². The quantitative estimate of drug-likeness (QED) is 0.885. The van der Waals surface area contributed by atoms with Crippen LogP contribution in [0.2, 0.25) is 0 Å². The Morgan fingerprint density at radius 1 is 1.29 bits per heavy atom. The summed E-state index contributed by atoms with van der Waals surface area (Å²) in [6, 6.07) is 6.42. The van der Waals surface area contributed by atoms with Gasteiger partial charge in [-0.05, 0) is 57.7 Å². The van der Waals surface area contributed by atoms with Gasteiger partial charge in [0.15, 0.2) is 5.82 Å². The van der Waals surface area contributed by atoms with Gasteiger partial charge in [0, 0.05) is 11.7 Å². The molecule has 1 unspecified atom stereocenters. The second-order valence-corrected chi connectivity index (χ2v) is 6.18. The molecule has 0 aliphatic heterocycles. The van der Waals surface area contributed by atoms with Crippen LogP contribution in [0.5, 0.6) is 0 Å². The van der Waals surface area contributed by atoms with Crippen LogP contribution >= 0.6 is 0 Å². The molecule has 0 radical (unpaired) electrons. The Hall–Kier alpha value is -1.91. The Bertz CT molecular complexity index is 598. The first-order valence-electron chi connectivity index (χ1n) is 7.76. The normalized spacial score (nSPS) is 16.0. The van der Waals surface area contributed by atoms with Gasteiger partial charge < -0.3 is 5.32 Å². The molecule has 0 amide bonds. The van der Waals surface area contributed by atoms with Gasteiger partial charge in [-0.1, -0.05) is 12.8 Å². The number of nitrogens with one attached hydrogen (secondary N) is 1. The Morgan fingerprint density at radius 3 is 2.67 bits per heavy atom. The fraction of sp³-hybridized carbons (Fsp3) is 0.562. The number of aryl methyl sites for hydroxylation is 2. The van der Waals surface area contributed by atoms with E-state index in [1.807, 2.05) is 36.7 Å². The summed E-state index contributed by atoms with van der Waals surface area (Å²) in [5, 5.41) is 16.4. The predicted molar refractivity (Wildman–Crippen MR) is 83.7 cm³/mol. The molecule has 5 heteroatoms. The lowest BCUT2D eigenvalue weighted by Gasteiger charge is -2.14. The van der Waals surface area contributed by atoms with E-state index >= 15 is 0 Å². The van der Waals surface area contributed by atoms with Crippen LogP contribution in [0.25, 0.3) is 5.82 Å². The SMILES string of the molecule is Cc1cc(C)n(-c2ccc(NC(C)CCC3CC3)nn2)n1. The Kier molecular flexibility index (Phi) is 3.90. The number of aromatic nitrogens is 4. The zero-order valence-corrected chi connectivity index (χ0v) is 13.0. The van der Waals surface area contributed by atoms with Gasteiger partial charge in [0.25, 0.3) is 0 Å². The third-order valence-corrected chi connectivity index (χ3v) is 3.98. The molecule has 1 aliphatic carbocycles. The molecular weight excluding hydrogens is 262 g/mol. The molecule has 5 nitrogen and oxygen atoms in total. The van der Waals surface area contributed by atoms with Gasteiger partial charge >= 0.3 is 0 Å². The maximum absolute atomic E-state index is 4.42. The van der Waals surface area contributed by atoms with E-state index < -0.39 is 0 Å². The van der Waals surface area contributed by atoms with E-state index in [1.54, 1.807) is 0 Å². The van der Waals surface area contributed by atoms with Gasteiger partial charge in [0.2, 0.25) is 0 Å². The number of anilines is 1. The average molecular weight is 285 g/mol. The van der Waals surface area contributed by atoms with Crippen LogP contribution in [0.4, 0.5) is 5.82 Å². The minimum absolute atomic E-state index is 0.444. The van der Waals surface area contributed by atoms with Gasteiger partial charge in [-0.2, -0.15) is 5.10 Å². The average Bonchev–Trinajstić information content (AvgIpc) is 3.22. The summed E-state index contributed by atoms with van der Waals surface area (Å²) >= 11 is 0. The fourth-order valence-electron chi connectivity index (χ4n) is 2.59. The van der Waals surface area contributed by atoms with Gasteiger partial charge in [-0.25, -0.2) is 4.68 Å². The largest absolute Gasteiger partial charge is 0.366 e. The second-order valence-electron chi connectivity index (χ2n) is 6.18. The third-order valence-electron chi connectivity index (χ3n) is 3.98. The molecule has 0 spiro atoms. The molecule has 21 heavy (non-hydrogen) atoms. The summed E-state index contributed by atoms with van der Waals surface area (Å²) in [7, 11) is 0. The van der Waals surface area contributed by atoms with Gasteiger partial charge in [0.1, 0.15) is 5.82 Å². The highest BCUT2D eigenvalue weighted by Crippen LogP contribution is 2.34. The van der Waals surface area contributed by atoms with Crippen molar-refractivity contribution in [1.29, 1.82) is 0 Å². The van der Waals surface area contributed by atoms with Crippen LogP contribution in [0, 0.1) is 19.8 Å². The lowest BCUT2D eigenvalue weighted by atomic mass is 10.1. The molecule has 3 rings (SSSR count). The number of rotatable bonds is 6. The minimum atomic E-state index is 0.444. The van der Waals surface area contributed by atoms with Crippen LogP contribution in [0.15, 0.2) is 18.2 Å². The van der Waals surface area contributed by atoms with Crippen molar-refractivity contribution in [3.05, 3.63) is 29.6 Å². The molecule has 0 saturated heterocycles. The minimum Gasteiger partial charge on any atom is -0.366 e. The van der Waals surface area contributed by atoms with Crippen molar-refractivity contribution in [1.82, 2.24) is 20.0 Å². The third kappa shape index (κ3) is 3.60. The van der Waals surface area contributed by atoms with Crippen molar-refractivity contribution in [3.8, 4) is 5.82 Å². The zero-order chi connectivity index (χ0) is 14.8. The van der Waals surface area contributed by atoms with Crippen molar-refractivity contribution in [2.45, 2.75) is 52.5 Å². The zero-order valence-electron chi connectivity index (χ0n) is 13.0. The summed E-state index contributed by atoms with van der Waals surface area (Å²) in [6.45, 7) is 6.21. The lowest BCUT2D eigenvalue weighted by Crippen LogP contribution is -2.16. The van der Waals surface area contributed by atoms with Crippen LogP contribution in [0.3, 0.4) is 0 Å². The first kappa shape index (κ1) is 14.0. The van der Waals surface area contributed by atoms with E-state index in [4.69, 9.17) is 0 Å². The van der Waals surface area contributed by atoms with E-state index in [0.717, 1.165) is 28.9 Å². The smallest absolute Gasteiger partial charge is 0.176 e. The van der Waals surface area contributed by atoms with Gasteiger partial charge in [-0.15, -0.1) is 10.2 Å². The van der Waals surface area contributed by atoms with Crippen molar-refractivity contribution in [3.63, 3.8) is 0 Å². The topological polar surface area (TPSA) is 55.6 Å². The van der Waals surface area contributed by atoms with E-state index in [2.05, 4.69) is 27.5 Å². The molecule has 2 heterocycles. The summed E-state index contributed by atoms with van der Waals surface area (Å²) in [5.74, 6) is 2.58. The molecule has 0 aromatic carbocycles. The number of nitrogens with zero attached hydrogens (tertiary/aromatic N) is 4. The maximum Gasteiger partial charge on any atom is 0.176 e. The van der Waals surface area contributed by atoms with Crippen LogP contribution in [-0.2, 0) is 0 Å². The summed E-state index contributed by atoms with van der Waals surface area (Å²) in [4.78, 5) is 0. The standard InChI is InChI=1S/C16H23N5/c1-11(4-5-14-6-7-14)17-15-8-9-16(19-18-15)21-13(3)10-12(2)20-21/h8-11,14H,4-7H2,1-3H3,(H,17,18). The Morgan fingerprint density at radius 2 is 2.10 bits per heavy atom. The van der Waals surface area contributed by atoms with Crippen molar-refractivity contribution in [2.75, 3.05) is 5.32 Å². The highest BCUT2D eigenvalue weighted by molar-refractivity contribution is 5.37. The first-order chi connectivity index (χ1) is 10.1. The molecule has 0 bridgehead atoms. The monoisotopic (exact) mass is 285 g/mol. The molecule has 1 atom stereocenters. The molecule has 1 fully saturated rings. The molecule has 2 aromatic heterocycles. The predicted octanol–water partition coefficient (Wildman–Crippen LogP) is 3.27. The van der Waals surface area contributed by atoms with Gasteiger partial charge in [-0.3, -0.25) is 0 Å². The van der Waals surface area contributed by atoms with Crippen LogP contribution < -0.4 is 5.32 Å². The fourth-order valence-corrected chi connectivity index (χ4v) is 2.59. The highest BCUT2D eigenvalue weighted by atomic mass is 15.4. The van der Waals surface area contributed by atoms with Crippen LogP contribution in [-0.4, -0.2) is 26.0 Å². The Balaban J connectivity index is 1.61.